The van der Waals surface area contributed by atoms with E-state index in [1.807, 2.05) is 38.1 Å². The van der Waals surface area contributed by atoms with Crippen LogP contribution in [0.3, 0.4) is 0 Å². The minimum atomic E-state index is -0.675. The molecule has 8 atom stereocenters. The largest absolute Gasteiger partial charge is 0.494 e. The Kier molecular flexibility index (Phi) is 16.3. The summed E-state index contributed by atoms with van der Waals surface area (Å²) in [6, 6.07) is 7.00. The highest BCUT2D eigenvalue weighted by molar-refractivity contribution is 6.01. The Labute approximate surface area is 351 Å². The second-order valence-electron chi connectivity index (χ2n) is 16.1. The number of rotatable bonds is 18. The number of allylic oxidation sites excluding steroid dienone is 2. The molecule has 4 aliphatic heterocycles. The molecule has 2 N–H and O–H groups in total. The van der Waals surface area contributed by atoms with Gasteiger partial charge in [-0.15, -0.1) is 5.06 Å². The fourth-order valence-corrected chi connectivity index (χ4v) is 7.34. The summed E-state index contributed by atoms with van der Waals surface area (Å²) in [5.74, 6) is -1.84. The van der Waals surface area contributed by atoms with Gasteiger partial charge in [-0.25, -0.2) is 10.2 Å². The lowest BCUT2D eigenvalue weighted by Crippen LogP contribution is -2.50. The van der Waals surface area contributed by atoms with E-state index in [4.69, 9.17) is 28.5 Å². The molecule has 5 rings (SSSR count). The number of hydrazone groups is 1. The fourth-order valence-electron chi connectivity index (χ4n) is 7.34. The Morgan fingerprint density at radius 1 is 1.02 bits per heavy atom. The first kappa shape index (κ1) is 45.9. The zero-order chi connectivity index (χ0) is 43.4. The zero-order valence-electron chi connectivity index (χ0n) is 35.3. The van der Waals surface area contributed by atoms with E-state index in [1.54, 1.807) is 32.1 Å². The van der Waals surface area contributed by atoms with Crippen molar-refractivity contribution in [2.24, 2.45) is 11.0 Å². The Morgan fingerprint density at radius 2 is 1.73 bits per heavy atom. The molecule has 4 aliphatic rings. The molecule has 0 radical (unpaired) electrons. The van der Waals surface area contributed by atoms with Crippen LogP contribution in [0.25, 0.3) is 0 Å². The summed E-state index contributed by atoms with van der Waals surface area (Å²) in [5, 5.41) is 7.84. The van der Waals surface area contributed by atoms with E-state index in [0.717, 1.165) is 24.0 Å². The summed E-state index contributed by atoms with van der Waals surface area (Å²) in [5.41, 5.74) is 4.82. The maximum absolute atomic E-state index is 13.0. The lowest BCUT2D eigenvalue weighted by Gasteiger charge is -2.39. The molecule has 0 aromatic heterocycles. The van der Waals surface area contributed by atoms with E-state index in [1.165, 1.54) is 13.0 Å². The Bertz CT molecular complexity index is 1840. The number of nitrogens with one attached hydrogen (secondary N) is 2. The highest BCUT2D eigenvalue weighted by Crippen LogP contribution is 2.43. The Hall–Kier alpha value is -5.19. The number of amides is 4. The van der Waals surface area contributed by atoms with Crippen molar-refractivity contribution in [2.45, 2.75) is 141 Å². The van der Waals surface area contributed by atoms with Gasteiger partial charge in [0.15, 0.2) is 0 Å². The van der Waals surface area contributed by atoms with Crippen LogP contribution < -0.4 is 15.5 Å². The van der Waals surface area contributed by atoms with Crippen molar-refractivity contribution < 1.29 is 57.3 Å². The van der Waals surface area contributed by atoms with E-state index < -0.39 is 29.9 Å². The van der Waals surface area contributed by atoms with Crippen LogP contribution in [0.2, 0.25) is 0 Å². The third kappa shape index (κ3) is 14.2. The predicted molar refractivity (Wildman–Crippen MR) is 218 cm³/mol. The third-order valence-corrected chi connectivity index (χ3v) is 10.8. The van der Waals surface area contributed by atoms with Crippen molar-refractivity contribution in [3.05, 3.63) is 65.8 Å². The maximum atomic E-state index is 13.0. The minimum Gasteiger partial charge on any atom is -0.494 e. The third-order valence-electron chi connectivity index (χ3n) is 10.8. The van der Waals surface area contributed by atoms with Crippen LogP contribution in [0.4, 0.5) is 0 Å². The molecule has 1 aromatic carbocycles. The number of carbonyl (C=O) groups excluding carboxylic acids is 6. The topological polar surface area (TPSA) is 201 Å². The molecule has 1 aromatic rings. The average molecular weight is 835 g/mol. The smallest absolute Gasteiger partial charge is 0.333 e. The normalized spacial score (nSPS) is 27.6. The van der Waals surface area contributed by atoms with Gasteiger partial charge < -0.3 is 33.8 Å². The number of imide groups is 1. The van der Waals surface area contributed by atoms with Gasteiger partial charge in [-0.3, -0.25) is 24.0 Å². The highest BCUT2D eigenvalue weighted by Gasteiger charge is 2.51. The molecule has 326 valence electrons. The summed E-state index contributed by atoms with van der Waals surface area (Å²) in [6.45, 7) is 11.8. The molecule has 60 heavy (non-hydrogen) atoms. The molecule has 4 fully saturated rings. The van der Waals surface area contributed by atoms with Crippen LogP contribution in [0.1, 0.15) is 105 Å². The SMILES string of the molecule is CC(=O)OC(C)C=CC(=O)N[C@@H]1C[C@H](C)[C@H](CC=C(C)C=C[C@@H]2C[C@]3(CO3)C[C@@H](CC(=O)NN=C(C)c3ccc(OCCCC(=O)ON4C(=O)CCC4=O)cc3)O2)O[C@@H]1C. The van der Waals surface area contributed by atoms with Gasteiger partial charge in [0.05, 0.1) is 67.8 Å². The second-order valence-corrected chi connectivity index (χ2v) is 16.1. The summed E-state index contributed by atoms with van der Waals surface area (Å²) >= 11 is 0. The van der Waals surface area contributed by atoms with Gasteiger partial charge in [0.2, 0.25) is 11.8 Å². The lowest BCUT2D eigenvalue weighted by molar-refractivity contribution is -0.197. The molecule has 4 saturated heterocycles. The van der Waals surface area contributed by atoms with Gasteiger partial charge in [-0.05, 0) is 88.8 Å². The lowest BCUT2D eigenvalue weighted by atomic mass is 9.88. The first-order chi connectivity index (χ1) is 28.6. The van der Waals surface area contributed by atoms with Crippen molar-refractivity contribution in [3.63, 3.8) is 0 Å². The number of esters is 1. The molecular formula is C44H58N4O12. The van der Waals surface area contributed by atoms with Crippen molar-refractivity contribution in [1.29, 1.82) is 0 Å². The summed E-state index contributed by atoms with van der Waals surface area (Å²) in [7, 11) is 0. The monoisotopic (exact) mass is 834 g/mol. The van der Waals surface area contributed by atoms with E-state index in [-0.39, 0.29) is 86.1 Å². The predicted octanol–water partition coefficient (Wildman–Crippen LogP) is 4.70. The number of ether oxygens (including phenoxy) is 5. The van der Waals surface area contributed by atoms with Crippen LogP contribution in [-0.2, 0) is 52.6 Å². The Morgan fingerprint density at radius 3 is 2.42 bits per heavy atom. The summed E-state index contributed by atoms with van der Waals surface area (Å²) in [4.78, 5) is 76.6. The molecule has 4 heterocycles. The number of benzene rings is 1. The molecule has 1 spiro atoms. The number of epoxide rings is 1. The first-order valence-corrected chi connectivity index (χ1v) is 20.7. The average Bonchev–Trinajstić information content (AvgIpc) is 3.87. The van der Waals surface area contributed by atoms with Gasteiger partial charge in [-0.1, -0.05) is 30.7 Å². The van der Waals surface area contributed by atoms with Crippen molar-refractivity contribution >= 4 is 41.3 Å². The number of hydroxylamine groups is 2. The minimum absolute atomic E-state index is 0.000272. The van der Waals surface area contributed by atoms with Crippen LogP contribution >= 0.6 is 0 Å². The quantitative estimate of drug-likeness (QED) is 0.0303. The zero-order valence-corrected chi connectivity index (χ0v) is 35.3. The van der Waals surface area contributed by atoms with Crippen molar-refractivity contribution in [2.75, 3.05) is 13.2 Å². The van der Waals surface area contributed by atoms with Gasteiger partial charge in [-0.2, -0.15) is 5.10 Å². The van der Waals surface area contributed by atoms with Gasteiger partial charge >= 0.3 is 11.9 Å². The molecule has 16 nitrogen and oxygen atoms in total. The summed E-state index contributed by atoms with van der Waals surface area (Å²) in [6.07, 6.45) is 11.3. The van der Waals surface area contributed by atoms with Gasteiger partial charge in [0.1, 0.15) is 11.9 Å². The van der Waals surface area contributed by atoms with E-state index in [9.17, 15) is 28.8 Å². The first-order valence-electron chi connectivity index (χ1n) is 20.7. The van der Waals surface area contributed by atoms with E-state index >= 15 is 0 Å². The van der Waals surface area contributed by atoms with Crippen LogP contribution in [0.15, 0.2) is 65.3 Å². The maximum Gasteiger partial charge on any atom is 0.333 e. The second kappa shape index (κ2) is 21.4. The molecule has 0 aliphatic carbocycles. The van der Waals surface area contributed by atoms with Crippen molar-refractivity contribution in [1.82, 2.24) is 15.8 Å². The Balaban J connectivity index is 1.01. The molecule has 4 amide bonds. The molecule has 0 bridgehead atoms. The van der Waals surface area contributed by atoms with Crippen LogP contribution in [-0.4, -0.2) is 102 Å². The van der Waals surface area contributed by atoms with Crippen LogP contribution in [0, 0.1) is 5.92 Å². The number of hydrogen-bond donors (Lipinski definition) is 2. The standard InChI is InChI=1S/C44H58N4O12/c1-27(10-17-38-28(2)22-37(31(5)58-38)45-39(50)18-11-29(3)57-32(6)49)9-14-35-24-44(26-56-44)25-36(59-35)23-40(51)47-46-30(4)33-12-15-34(16-13-33)55-21-7-8-43(54)60-48-41(52)19-20-42(48)53/h9-16,18,28-29,31,35-38H,7-8,17,19-26H2,1-6H3,(H,45,50)(H,47,51)/t28-,29?,31+,35+,36+,37+,38-,44+/m0/s1. The number of nitrogens with zero attached hydrogens (tertiary/aromatic N) is 2. The molecular weight excluding hydrogens is 777 g/mol. The van der Waals surface area contributed by atoms with Crippen molar-refractivity contribution in [3.8, 4) is 5.75 Å². The van der Waals surface area contributed by atoms with Gasteiger partial charge in [0, 0.05) is 38.7 Å². The van der Waals surface area contributed by atoms with E-state index in [2.05, 4.69) is 28.8 Å². The van der Waals surface area contributed by atoms with Crippen LogP contribution in [0.5, 0.6) is 5.75 Å². The highest BCUT2D eigenvalue weighted by atomic mass is 16.7. The molecule has 16 heteroatoms. The fraction of sp³-hybridized carbons (Fsp3) is 0.568. The number of hydrogen-bond acceptors (Lipinski definition) is 13. The van der Waals surface area contributed by atoms with E-state index in [0.29, 0.717) is 42.4 Å². The molecule has 1 unspecified atom stereocenters. The molecule has 0 saturated carbocycles. The van der Waals surface area contributed by atoms with Gasteiger partial charge in [0.25, 0.3) is 11.8 Å². The summed E-state index contributed by atoms with van der Waals surface area (Å²) < 4.78 is 29.2. The number of carbonyl (C=O) groups is 6.